The summed E-state index contributed by atoms with van der Waals surface area (Å²) in [4.78, 5) is 23.9. The summed E-state index contributed by atoms with van der Waals surface area (Å²) in [5.74, 6) is 1.06. The van der Waals surface area contributed by atoms with Crippen LogP contribution >= 0.6 is 23.2 Å². The number of rotatable bonds is 5. The van der Waals surface area contributed by atoms with E-state index in [-0.39, 0.29) is 5.96 Å². The molecule has 28 heavy (non-hydrogen) atoms. The van der Waals surface area contributed by atoms with Crippen molar-refractivity contribution in [3.63, 3.8) is 0 Å². The molecule has 0 bridgehead atoms. The van der Waals surface area contributed by atoms with E-state index in [1.807, 2.05) is 24.3 Å². The molecule has 3 aromatic rings. The number of nitrogens with zero attached hydrogens (tertiary/aromatic N) is 3. The molecule has 0 aliphatic carbocycles. The Balaban J connectivity index is 1.88. The van der Waals surface area contributed by atoms with Crippen LogP contribution in [0.3, 0.4) is 0 Å². The highest BCUT2D eigenvalue weighted by Crippen LogP contribution is 2.31. The Labute approximate surface area is 171 Å². The maximum absolute atomic E-state index is 10.7. The fraction of sp³-hybridized carbons (Fsp3) is 0.111. The maximum atomic E-state index is 10.7. The molecule has 0 aliphatic rings. The van der Waals surface area contributed by atoms with Crippen molar-refractivity contribution in [1.29, 1.82) is 0 Å². The number of carbonyl (C=O) groups is 1. The Bertz CT molecular complexity index is 1060. The van der Waals surface area contributed by atoms with Crippen LogP contribution in [0.15, 0.2) is 47.5 Å². The molecule has 0 atom stereocenters. The first-order valence-electron chi connectivity index (χ1n) is 8.26. The number of anilines is 1. The van der Waals surface area contributed by atoms with Gasteiger partial charge in [0, 0.05) is 22.5 Å². The monoisotopic (exact) mass is 417 g/mol. The van der Waals surface area contributed by atoms with Crippen LogP contribution in [0.5, 0.6) is 0 Å². The molecule has 10 heteroatoms. The fourth-order valence-electron chi connectivity index (χ4n) is 2.52. The summed E-state index contributed by atoms with van der Waals surface area (Å²) >= 11 is 12.3. The number of para-hydroxylation sites is 1. The van der Waals surface area contributed by atoms with Crippen molar-refractivity contribution in [2.24, 2.45) is 16.5 Å². The predicted molar refractivity (Wildman–Crippen MR) is 113 cm³/mol. The van der Waals surface area contributed by atoms with Gasteiger partial charge in [0.15, 0.2) is 11.8 Å². The van der Waals surface area contributed by atoms with E-state index in [2.05, 4.69) is 25.6 Å². The van der Waals surface area contributed by atoms with Crippen molar-refractivity contribution in [1.82, 2.24) is 15.3 Å². The number of hydrogen-bond acceptors (Lipinski definition) is 5. The fourth-order valence-corrected chi connectivity index (χ4v) is 3.01. The lowest BCUT2D eigenvalue weighted by atomic mass is 10.2. The van der Waals surface area contributed by atoms with Crippen LogP contribution in [-0.2, 0) is 0 Å². The molecule has 0 fully saturated rings. The quantitative estimate of drug-likeness (QED) is 0.287. The zero-order valence-corrected chi connectivity index (χ0v) is 16.1. The van der Waals surface area contributed by atoms with Crippen LogP contribution in [-0.4, -0.2) is 35.0 Å². The summed E-state index contributed by atoms with van der Waals surface area (Å²) in [7, 11) is 0. The minimum Gasteiger partial charge on any atom is -0.370 e. The van der Waals surface area contributed by atoms with Gasteiger partial charge in [0.25, 0.3) is 0 Å². The number of urea groups is 1. The smallest absolute Gasteiger partial charge is 0.318 e. The second kappa shape index (κ2) is 8.73. The average molecular weight is 418 g/mol. The first-order valence-corrected chi connectivity index (χ1v) is 9.02. The van der Waals surface area contributed by atoms with Gasteiger partial charge in [0.2, 0.25) is 0 Å². The SMILES string of the molecule is NC(=O)NC(N)=NCCNc1nc(-c2ccc(Cl)cc2Cl)nc2ccccc12. The number of halogens is 2. The van der Waals surface area contributed by atoms with Gasteiger partial charge < -0.3 is 16.8 Å². The van der Waals surface area contributed by atoms with Crippen molar-refractivity contribution in [2.45, 2.75) is 0 Å². The number of aliphatic imine (C=N–C) groups is 1. The highest BCUT2D eigenvalue weighted by Gasteiger charge is 2.12. The molecule has 0 radical (unpaired) electrons. The van der Waals surface area contributed by atoms with Gasteiger partial charge in [-0.2, -0.15) is 0 Å². The molecule has 0 spiro atoms. The third kappa shape index (κ3) is 4.79. The van der Waals surface area contributed by atoms with E-state index < -0.39 is 6.03 Å². The minimum absolute atomic E-state index is 0.0459. The zero-order valence-electron chi connectivity index (χ0n) is 14.6. The molecule has 144 valence electrons. The number of aromatic nitrogens is 2. The highest BCUT2D eigenvalue weighted by molar-refractivity contribution is 6.36. The molecule has 8 nitrogen and oxygen atoms in total. The van der Waals surface area contributed by atoms with Crippen LogP contribution in [0.1, 0.15) is 0 Å². The van der Waals surface area contributed by atoms with Gasteiger partial charge in [-0.05, 0) is 30.3 Å². The van der Waals surface area contributed by atoms with E-state index in [9.17, 15) is 4.79 Å². The highest BCUT2D eigenvalue weighted by atomic mass is 35.5. The third-order valence-electron chi connectivity index (χ3n) is 3.71. The summed E-state index contributed by atoms with van der Waals surface area (Å²) in [5, 5.41) is 7.26. The summed E-state index contributed by atoms with van der Waals surface area (Å²) in [5.41, 5.74) is 12.0. The molecule has 1 heterocycles. The standard InChI is InChI=1S/C18H17Cl2N7O/c19-10-5-6-11(13(20)9-10)16-25-14-4-2-1-3-12(14)15(26-16)23-7-8-24-17(21)27-18(22)28/h1-6,9H,7-8H2,(H,23,25,26)(H5,21,22,24,27,28). The Morgan fingerprint density at radius 2 is 1.89 bits per heavy atom. The maximum Gasteiger partial charge on any atom is 0.318 e. The molecule has 2 aromatic carbocycles. The normalized spacial score (nSPS) is 11.4. The molecule has 6 N–H and O–H groups in total. The van der Waals surface area contributed by atoms with Gasteiger partial charge in [-0.25, -0.2) is 14.8 Å². The molecule has 1 aromatic heterocycles. The molecule has 0 aliphatic heterocycles. The predicted octanol–water partition coefficient (Wildman–Crippen LogP) is 3.00. The van der Waals surface area contributed by atoms with E-state index in [1.165, 1.54) is 0 Å². The molecule has 2 amide bonds. The van der Waals surface area contributed by atoms with Crippen molar-refractivity contribution in [2.75, 3.05) is 18.4 Å². The van der Waals surface area contributed by atoms with Crippen molar-refractivity contribution >= 4 is 51.9 Å². The largest absolute Gasteiger partial charge is 0.370 e. The van der Waals surface area contributed by atoms with Gasteiger partial charge in [0.05, 0.1) is 17.1 Å². The molecular formula is C18H17Cl2N7O. The number of benzene rings is 2. The number of amides is 2. The zero-order chi connectivity index (χ0) is 20.1. The summed E-state index contributed by atoms with van der Waals surface area (Å²) < 4.78 is 0. The number of guanidine groups is 1. The lowest BCUT2D eigenvalue weighted by Gasteiger charge is -2.11. The molecular weight excluding hydrogens is 401 g/mol. The topological polar surface area (TPSA) is 131 Å². The second-order valence-electron chi connectivity index (χ2n) is 5.72. The Kier molecular flexibility index (Phi) is 6.13. The van der Waals surface area contributed by atoms with E-state index in [1.54, 1.807) is 18.2 Å². The van der Waals surface area contributed by atoms with Gasteiger partial charge in [-0.1, -0.05) is 35.3 Å². The van der Waals surface area contributed by atoms with Crippen molar-refractivity contribution in [3.05, 3.63) is 52.5 Å². The molecule has 0 unspecified atom stereocenters. The van der Waals surface area contributed by atoms with Crippen molar-refractivity contribution in [3.8, 4) is 11.4 Å². The lowest BCUT2D eigenvalue weighted by molar-refractivity contribution is 0.253. The Morgan fingerprint density at radius 1 is 1.11 bits per heavy atom. The number of nitrogens with two attached hydrogens (primary N) is 2. The summed E-state index contributed by atoms with van der Waals surface area (Å²) in [6.45, 7) is 0.734. The molecule has 3 rings (SSSR count). The second-order valence-corrected chi connectivity index (χ2v) is 6.56. The minimum atomic E-state index is -0.763. The number of hydrogen-bond donors (Lipinski definition) is 4. The Hall–Kier alpha value is -3.10. The number of primary amides is 1. The Morgan fingerprint density at radius 3 is 2.64 bits per heavy atom. The number of nitrogens with one attached hydrogen (secondary N) is 2. The number of carbonyl (C=O) groups excluding carboxylic acids is 1. The first kappa shape index (κ1) is 19.7. The molecule has 0 saturated carbocycles. The van der Waals surface area contributed by atoms with Gasteiger partial charge >= 0.3 is 6.03 Å². The molecule has 0 saturated heterocycles. The van der Waals surface area contributed by atoms with Crippen LogP contribution in [0.4, 0.5) is 10.6 Å². The van der Waals surface area contributed by atoms with E-state index >= 15 is 0 Å². The van der Waals surface area contributed by atoms with Crippen LogP contribution in [0, 0.1) is 0 Å². The van der Waals surface area contributed by atoms with Crippen LogP contribution < -0.4 is 22.1 Å². The lowest BCUT2D eigenvalue weighted by Crippen LogP contribution is -2.40. The van der Waals surface area contributed by atoms with Crippen LogP contribution in [0.25, 0.3) is 22.3 Å². The summed E-state index contributed by atoms with van der Waals surface area (Å²) in [6, 6.07) is 12.0. The van der Waals surface area contributed by atoms with Gasteiger partial charge in [0.1, 0.15) is 5.82 Å². The van der Waals surface area contributed by atoms with E-state index in [0.29, 0.717) is 40.3 Å². The summed E-state index contributed by atoms with van der Waals surface area (Å²) in [6.07, 6.45) is 0. The number of fused-ring (bicyclic) bond motifs is 1. The average Bonchev–Trinajstić information content (AvgIpc) is 2.64. The van der Waals surface area contributed by atoms with Gasteiger partial charge in [-0.15, -0.1) is 0 Å². The third-order valence-corrected chi connectivity index (χ3v) is 4.26. The van der Waals surface area contributed by atoms with E-state index in [4.69, 9.17) is 34.7 Å². The van der Waals surface area contributed by atoms with Crippen molar-refractivity contribution < 1.29 is 4.79 Å². The van der Waals surface area contributed by atoms with E-state index in [0.717, 1.165) is 10.9 Å². The first-order chi connectivity index (χ1) is 13.4. The van der Waals surface area contributed by atoms with Crippen LogP contribution in [0.2, 0.25) is 10.0 Å². The van der Waals surface area contributed by atoms with Gasteiger partial charge in [-0.3, -0.25) is 10.3 Å².